The Morgan fingerprint density at radius 2 is 2.31 bits per heavy atom. The number of aliphatic hydroxyl groups excluding tert-OH is 1. The molecule has 92 valence electrons. The van der Waals surface area contributed by atoms with E-state index in [0.717, 1.165) is 0 Å². The first-order valence-electron chi connectivity index (χ1n) is 5.10. The number of aromatic nitrogens is 2. The molecule has 0 fully saturated rings. The van der Waals surface area contributed by atoms with Crippen LogP contribution in [0.5, 0.6) is 0 Å². The Labute approximate surface area is 95.4 Å². The molecule has 1 atom stereocenters. The highest BCUT2D eigenvalue weighted by atomic mass is 32.2. The van der Waals surface area contributed by atoms with E-state index in [9.17, 15) is 8.42 Å². The molecule has 0 aliphatic heterocycles. The molecule has 0 amide bonds. The minimum absolute atomic E-state index is 0.00592. The van der Waals surface area contributed by atoms with Gasteiger partial charge in [-0.25, -0.2) is 18.1 Å². The van der Waals surface area contributed by atoms with Gasteiger partial charge in [0.2, 0.25) is 0 Å². The lowest BCUT2D eigenvalue weighted by molar-refractivity contribution is 0.270. The molecule has 0 radical (unpaired) electrons. The van der Waals surface area contributed by atoms with Crippen LogP contribution in [-0.4, -0.2) is 35.7 Å². The Hall–Kier alpha value is -0.920. The average Bonchev–Trinajstić information content (AvgIpc) is 2.64. The van der Waals surface area contributed by atoms with Crippen molar-refractivity contribution in [2.75, 3.05) is 6.61 Å². The molecule has 0 aromatic carbocycles. The zero-order valence-corrected chi connectivity index (χ0v) is 10.2. The van der Waals surface area contributed by atoms with Crippen LogP contribution in [-0.2, 0) is 17.1 Å². The molecule has 2 N–H and O–H groups in total. The Balaban J connectivity index is 2.78. The van der Waals surface area contributed by atoms with Gasteiger partial charge in [0, 0.05) is 25.9 Å². The molecule has 0 aliphatic rings. The molecule has 1 rings (SSSR count). The molecule has 0 bridgehead atoms. The van der Waals surface area contributed by atoms with E-state index in [-0.39, 0.29) is 17.7 Å². The molecule has 7 heteroatoms. The third-order valence-electron chi connectivity index (χ3n) is 2.25. The van der Waals surface area contributed by atoms with Crippen molar-refractivity contribution in [2.45, 2.75) is 30.8 Å². The maximum atomic E-state index is 11.8. The SMILES string of the molecule is CCC(CCO)NS(=O)(=O)c1cn(C)cn1. The summed E-state index contributed by atoms with van der Waals surface area (Å²) in [5.41, 5.74) is 0. The maximum Gasteiger partial charge on any atom is 0.259 e. The molecule has 0 aliphatic carbocycles. The fourth-order valence-electron chi connectivity index (χ4n) is 1.31. The normalized spacial score (nSPS) is 13.9. The van der Waals surface area contributed by atoms with E-state index >= 15 is 0 Å². The lowest BCUT2D eigenvalue weighted by Crippen LogP contribution is -2.35. The molecule has 1 heterocycles. The first kappa shape index (κ1) is 13.1. The van der Waals surface area contributed by atoms with Crippen LogP contribution in [0.4, 0.5) is 0 Å². The second kappa shape index (κ2) is 5.42. The summed E-state index contributed by atoms with van der Waals surface area (Å²) >= 11 is 0. The first-order chi connectivity index (χ1) is 7.49. The zero-order valence-electron chi connectivity index (χ0n) is 9.42. The summed E-state index contributed by atoms with van der Waals surface area (Å²) in [6.07, 6.45) is 3.91. The van der Waals surface area contributed by atoms with E-state index in [1.54, 1.807) is 11.6 Å². The molecule has 16 heavy (non-hydrogen) atoms. The number of aryl methyl sites for hydroxylation is 1. The number of nitrogens with one attached hydrogen (secondary N) is 1. The summed E-state index contributed by atoms with van der Waals surface area (Å²) in [6.45, 7) is 1.82. The highest BCUT2D eigenvalue weighted by Gasteiger charge is 2.20. The standard InChI is InChI=1S/C9H17N3O3S/c1-3-8(4-5-13)11-16(14,15)9-6-12(2)7-10-9/h6-8,11,13H,3-5H2,1-2H3. The van der Waals surface area contributed by atoms with Gasteiger partial charge in [-0.3, -0.25) is 0 Å². The average molecular weight is 247 g/mol. The van der Waals surface area contributed by atoms with Crippen molar-refractivity contribution in [2.24, 2.45) is 7.05 Å². The highest BCUT2D eigenvalue weighted by molar-refractivity contribution is 7.89. The van der Waals surface area contributed by atoms with Crippen LogP contribution >= 0.6 is 0 Å². The van der Waals surface area contributed by atoms with Gasteiger partial charge in [0.15, 0.2) is 5.03 Å². The van der Waals surface area contributed by atoms with Crippen molar-refractivity contribution in [3.63, 3.8) is 0 Å². The molecule has 6 nitrogen and oxygen atoms in total. The molecule has 1 aromatic heterocycles. The predicted molar refractivity (Wildman–Crippen MR) is 59.3 cm³/mol. The van der Waals surface area contributed by atoms with Gasteiger partial charge < -0.3 is 9.67 Å². The number of rotatable bonds is 6. The second-order valence-corrected chi connectivity index (χ2v) is 5.28. The zero-order chi connectivity index (χ0) is 12.2. The number of hydrogen-bond donors (Lipinski definition) is 2. The van der Waals surface area contributed by atoms with Gasteiger partial charge in [0.05, 0.1) is 6.33 Å². The summed E-state index contributed by atoms with van der Waals surface area (Å²) in [6, 6.07) is -0.253. The molecule has 0 spiro atoms. The summed E-state index contributed by atoms with van der Waals surface area (Å²) in [5, 5.41) is 8.79. The smallest absolute Gasteiger partial charge is 0.259 e. The summed E-state index contributed by atoms with van der Waals surface area (Å²) < 4.78 is 27.7. The van der Waals surface area contributed by atoms with Crippen LogP contribution < -0.4 is 4.72 Å². The summed E-state index contributed by atoms with van der Waals surface area (Å²) in [5.74, 6) is 0. The Morgan fingerprint density at radius 3 is 2.75 bits per heavy atom. The Bertz CT molecular complexity index is 427. The van der Waals surface area contributed by atoms with E-state index in [1.165, 1.54) is 12.5 Å². The van der Waals surface area contributed by atoms with Crippen LogP contribution in [0.15, 0.2) is 17.6 Å². The Kier molecular flexibility index (Phi) is 4.45. The van der Waals surface area contributed by atoms with Crippen molar-refractivity contribution >= 4 is 10.0 Å². The van der Waals surface area contributed by atoms with Crippen LogP contribution in [0.25, 0.3) is 0 Å². The molecular weight excluding hydrogens is 230 g/mol. The van der Waals surface area contributed by atoms with Gasteiger partial charge in [-0.15, -0.1) is 0 Å². The van der Waals surface area contributed by atoms with E-state index < -0.39 is 10.0 Å². The lowest BCUT2D eigenvalue weighted by atomic mass is 10.2. The van der Waals surface area contributed by atoms with Crippen LogP contribution in [0, 0.1) is 0 Å². The third-order valence-corrected chi connectivity index (χ3v) is 3.65. The van der Waals surface area contributed by atoms with Crippen molar-refractivity contribution in [1.29, 1.82) is 0 Å². The molecule has 0 saturated heterocycles. The van der Waals surface area contributed by atoms with Crippen LogP contribution in [0.1, 0.15) is 19.8 Å². The molecule has 1 aromatic rings. The van der Waals surface area contributed by atoms with Gasteiger partial charge >= 0.3 is 0 Å². The topological polar surface area (TPSA) is 84.2 Å². The minimum Gasteiger partial charge on any atom is -0.396 e. The third kappa shape index (κ3) is 3.29. The number of hydrogen-bond acceptors (Lipinski definition) is 4. The van der Waals surface area contributed by atoms with E-state index in [0.29, 0.717) is 12.8 Å². The number of aliphatic hydroxyl groups is 1. The van der Waals surface area contributed by atoms with Gasteiger partial charge in [-0.1, -0.05) is 6.92 Å². The number of imidazole rings is 1. The number of sulfonamides is 1. The fraction of sp³-hybridized carbons (Fsp3) is 0.667. The monoisotopic (exact) mass is 247 g/mol. The quantitative estimate of drug-likeness (QED) is 0.732. The van der Waals surface area contributed by atoms with Crippen molar-refractivity contribution in [1.82, 2.24) is 14.3 Å². The largest absolute Gasteiger partial charge is 0.396 e. The predicted octanol–water partition coefficient (Wildman–Crippen LogP) is -0.141. The fourth-order valence-corrected chi connectivity index (χ4v) is 2.64. The van der Waals surface area contributed by atoms with Gasteiger partial charge in [0.1, 0.15) is 0 Å². The van der Waals surface area contributed by atoms with Crippen LogP contribution in [0.2, 0.25) is 0 Å². The van der Waals surface area contributed by atoms with E-state index in [4.69, 9.17) is 5.11 Å². The van der Waals surface area contributed by atoms with Crippen LogP contribution in [0.3, 0.4) is 0 Å². The summed E-state index contributed by atoms with van der Waals surface area (Å²) in [7, 11) is -1.86. The molecule has 1 unspecified atom stereocenters. The highest BCUT2D eigenvalue weighted by Crippen LogP contribution is 2.07. The van der Waals surface area contributed by atoms with Gasteiger partial charge in [-0.2, -0.15) is 0 Å². The van der Waals surface area contributed by atoms with Gasteiger partial charge in [-0.05, 0) is 12.8 Å². The second-order valence-electron chi connectivity index (χ2n) is 3.62. The Morgan fingerprint density at radius 1 is 1.62 bits per heavy atom. The summed E-state index contributed by atoms with van der Waals surface area (Å²) in [4.78, 5) is 3.78. The minimum atomic E-state index is -3.57. The van der Waals surface area contributed by atoms with E-state index in [2.05, 4.69) is 9.71 Å². The van der Waals surface area contributed by atoms with Crippen molar-refractivity contribution in [3.05, 3.63) is 12.5 Å². The van der Waals surface area contributed by atoms with Crippen molar-refractivity contribution < 1.29 is 13.5 Å². The van der Waals surface area contributed by atoms with Gasteiger partial charge in [0.25, 0.3) is 10.0 Å². The lowest BCUT2D eigenvalue weighted by Gasteiger charge is -2.14. The molecular formula is C9H17N3O3S. The maximum absolute atomic E-state index is 11.8. The number of nitrogens with zero attached hydrogens (tertiary/aromatic N) is 2. The van der Waals surface area contributed by atoms with Crippen molar-refractivity contribution in [3.8, 4) is 0 Å². The van der Waals surface area contributed by atoms with E-state index in [1.807, 2.05) is 6.92 Å². The molecule has 0 saturated carbocycles. The first-order valence-corrected chi connectivity index (χ1v) is 6.59.